The molecule has 0 fully saturated rings. The first kappa shape index (κ1) is 16.8. The molecule has 0 bridgehead atoms. The van der Waals surface area contributed by atoms with Crippen LogP contribution in [0, 0.1) is 13.8 Å². The first-order valence-corrected chi connectivity index (χ1v) is 9.60. The highest BCUT2D eigenvalue weighted by Gasteiger charge is 2.20. The third-order valence-electron chi connectivity index (χ3n) is 4.85. The molecule has 3 heterocycles. The highest BCUT2D eigenvalue weighted by atomic mass is 32.1. The standard InChI is InChI=1S/C20H21N3O2S/c1-13-16(14(2)25-22-13)11-20(24)21-17-5-3-4-6-18(17)23-9-7-19-15(12-23)8-10-26-19/h3-6,8,10H,7,9,11-12H2,1-2H3,(H,21,24). The van der Waals surface area contributed by atoms with E-state index in [0.29, 0.717) is 5.76 Å². The van der Waals surface area contributed by atoms with Crippen molar-refractivity contribution in [2.45, 2.75) is 33.2 Å². The molecule has 0 aliphatic carbocycles. The maximum atomic E-state index is 12.6. The van der Waals surface area contributed by atoms with Crippen molar-refractivity contribution in [2.75, 3.05) is 16.8 Å². The Morgan fingerprint density at radius 1 is 1.31 bits per heavy atom. The van der Waals surface area contributed by atoms with Gasteiger partial charge in [0.25, 0.3) is 0 Å². The van der Waals surface area contributed by atoms with Crippen LogP contribution in [0.4, 0.5) is 11.4 Å². The van der Waals surface area contributed by atoms with Crippen molar-refractivity contribution in [2.24, 2.45) is 0 Å². The van der Waals surface area contributed by atoms with Crippen molar-refractivity contribution < 1.29 is 9.32 Å². The molecule has 3 aromatic rings. The number of hydrogen-bond donors (Lipinski definition) is 1. The summed E-state index contributed by atoms with van der Waals surface area (Å²) in [5.74, 6) is 0.645. The van der Waals surface area contributed by atoms with Crippen molar-refractivity contribution in [3.63, 3.8) is 0 Å². The number of rotatable bonds is 4. The van der Waals surface area contributed by atoms with E-state index in [4.69, 9.17) is 4.52 Å². The highest BCUT2D eigenvalue weighted by Crippen LogP contribution is 2.32. The normalized spacial score (nSPS) is 13.5. The molecule has 1 N–H and O–H groups in total. The molecule has 1 aliphatic heterocycles. The second-order valence-electron chi connectivity index (χ2n) is 6.59. The van der Waals surface area contributed by atoms with Crippen LogP contribution in [0.25, 0.3) is 0 Å². The van der Waals surface area contributed by atoms with Crippen LogP contribution in [0.5, 0.6) is 0 Å². The molecule has 2 aromatic heterocycles. The fourth-order valence-corrected chi connectivity index (χ4v) is 4.31. The van der Waals surface area contributed by atoms with Gasteiger partial charge in [-0.3, -0.25) is 4.79 Å². The van der Waals surface area contributed by atoms with E-state index in [1.54, 1.807) is 0 Å². The molecule has 0 radical (unpaired) electrons. The van der Waals surface area contributed by atoms with E-state index in [1.165, 1.54) is 10.4 Å². The Morgan fingerprint density at radius 2 is 2.15 bits per heavy atom. The Bertz CT molecular complexity index is 925. The zero-order valence-electron chi connectivity index (χ0n) is 14.9. The smallest absolute Gasteiger partial charge is 0.229 e. The van der Waals surface area contributed by atoms with Crippen LogP contribution in [-0.4, -0.2) is 17.6 Å². The summed E-state index contributed by atoms with van der Waals surface area (Å²) in [4.78, 5) is 16.4. The molecule has 1 aromatic carbocycles. The number of fused-ring (bicyclic) bond motifs is 1. The summed E-state index contributed by atoms with van der Waals surface area (Å²) < 4.78 is 5.15. The largest absolute Gasteiger partial charge is 0.365 e. The molecule has 0 unspecified atom stereocenters. The quantitative estimate of drug-likeness (QED) is 0.754. The Kier molecular flexibility index (Phi) is 4.51. The molecule has 4 rings (SSSR count). The summed E-state index contributed by atoms with van der Waals surface area (Å²) in [5.41, 5.74) is 4.94. The number of carbonyl (C=O) groups is 1. The van der Waals surface area contributed by atoms with Gasteiger partial charge in [-0.15, -0.1) is 11.3 Å². The lowest BCUT2D eigenvalue weighted by Crippen LogP contribution is -2.30. The van der Waals surface area contributed by atoms with E-state index in [-0.39, 0.29) is 12.3 Å². The second-order valence-corrected chi connectivity index (χ2v) is 7.59. The minimum Gasteiger partial charge on any atom is -0.365 e. The lowest BCUT2D eigenvalue weighted by molar-refractivity contribution is -0.115. The van der Waals surface area contributed by atoms with Gasteiger partial charge in [-0.05, 0) is 49.4 Å². The van der Waals surface area contributed by atoms with Gasteiger partial charge in [0.05, 0.1) is 23.5 Å². The van der Waals surface area contributed by atoms with Crippen LogP contribution >= 0.6 is 11.3 Å². The van der Waals surface area contributed by atoms with Gasteiger partial charge in [0.15, 0.2) is 0 Å². The number of benzene rings is 1. The topological polar surface area (TPSA) is 58.4 Å². The van der Waals surface area contributed by atoms with E-state index in [9.17, 15) is 4.79 Å². The number of carbonyl (C=O) groups excluding carboxylic acids is 1. The van der Waals surface area contributed by atoms with Crippen LogP contribution in [0.2, 0.25) is 0 Å². The molecule has 26 heavy (non-hydrogen) atoms. The Labute approximate surface area is 156 Å². The minimum absolute atomic E-state index is 0.0555. The number of para-hydroxylation sites is 2. The van der Waals surface area contributed by atoms with E-state index < -0.39 is 0 Å². The SMILES string of the molecule is Cc1noc(C)c1CC(=O)Nc1ccccc1N1CCc2sccc2C1. The van der Waals surface area contributed by atoms with Crippen LogP contribution in [0.1, 0.15) is 27.5 Å². The summed E-state index contributed by atoms with van der Waals surface area (Å²) in [6, 6.07) is 10.2. The fraction of sp³-hybridized carbons (Fsp3) is 0.300. The van der Waals surface area contributed by atoms with Gasteiger partial charge in [-0.1, -0.05) is 17.3 Å². The Hall–Kier alpha value is -2.60. The van der Waals surface area contributed by atoms with Crippen LogP contribution in [0.15, 0.2) is 40.2 Å². The lowest BCUT2D eigenvalue weighted by Gasteiger charge is -2.30. The maximum absolute atomic E-state index is 12.6. The molecule has 0 saturated carbocycles. The molecule has 6 heteroatoms. The highest BCUT2D eigenvalue weighted by molar-refractivity contribution is 7.10. The average molecular weight is 367 g/mol. The molecule has 0 spiro atoms. The number of nitrogens with zero attached hydrogens (tertiary/aromatic N) is 2. The van der Waals surface area contributed by atoms with Crippen molar-refractivity contribution in [3.05, 3.63) is 63.2 Å². The Morgan fingerprint density at radius 3 is 2.96 bits per heavy atom. The summed E-state index contributed by atoms with van der Waals surface area (Å²) in [6.07, 6.45) is 1.32. The van der Waals surface area contributed by atoms with Gasteiger partial charge in [-0.25, -0.2) is 0 Å². The molecule has 1 aliphatic rings. The minimum atomic E-state index is -0.0555. The summed E-state index contributed by atoms with van der Waals surface area (Å²) in [7, 11) is 0. The number of amides is 1. The van der Waals surface area contributed by atoms with E-state index in [0.717, 1.165) is 42.1 Å². The fourth-order valence-electron chi connectivity index (χ4n) is 3.42. The van der Waals surface area contributed by atoms with Crippen molar-refractivity contribution in [3.8, 4) is 0 Å². The van der Waals surface area contributed by atoms with Crippen molar-refractivity contribution in [1.29, 1.82) is 0 Å². The van der Waals surface area contributed by atoms with Gasteiger partial charge >= 0.3 is 0 Å². The third-order valence-corrected chi connectivity index (χ3v) is 5.87. The summed E-state index contributed by atoms with van der Waals surface area (Å²) in [6.45, 7) is 5.54. The van der Waals surface area contributed by atoms with Crippen LogP contribution in [-0.2, 0) is 24.2 Å². The van der Waals surface area contributed by atoms with Crippen molar-refractivity contribution >= 4 is 28.6 Å². The number of aromatic nitrogens is 1. The monoisotopic (exact) mass is 367 g/mol. The van der Waals surface area contributed by atoms with Crippen LogP contribution in [0.3, 0.4) is 0 Å². The van der Waals surface area contributed by atoms with Gasteiger partial charge in [0.1, 0.15) is 5.76 Å². The predicted molar refractivity (Wildman–Crippen MR) is 104 cm³/mol. The molecule has 5 nitrogen and oxygen atoms in total. The van der Waals surface area contributed by atoms with Crippen molar-refractivity contribution in [1.82, 2.24) is 5.16 Å². The molecule has 1 amide bonds. The molecule has 134 valence electrons. The molecular weight excluding hydrogens is 346 g/mol. The number of aryl methyl sites for hydroxylation is 2. The van der Waals surface area contributed by atoms with Gasteiger partial charge in [-0.2, -0.15) is 0 Å². The molecule has 0 atom stereocenters. The van der Waals surface area contributed by atoms with E-state index in [1.807, 2.05) is 43.4 Å². The van der Waals surface area contributed by atoms with Gasteiger partial charge in [0.2, 0.25) is 5.91 Å². The first-order valence-electron chi connectivity index (χ1n) is 8.72. The van der Waals surface area contributed by atoms with Crippen LogP contribution < -0.4 is 10.2 Å². The van der Waals surface area contributed by atoms with E-state index in [2.05, 4.69) is 32.9 Å². The number of anilines is 2. The molecular formula is C20H21N3O2S. The molecule has 0 saturated heterocycles. The zero-order chi connectivity index (χ0) is 18.1. The third kappa shape index (κ3) is 3.24. The van der Waals surface area contributed by atoms with E-state index >= 15 is 0 Å². The number of thiophene rings is 1. The zero-order valence-corrected chi connectivity index (χ0v) is 15.7. The summed E-state index contributed by atoms with van der Waals surface area (Å²) >= 11 is 1.83. The number of nitrogens with one attached hydrogen (secondary N) is 1. The summed E-state index contributed by atoms with van der Waals surface area (Å²) in [5, 5.41) is 9.15. The second kappa shape index (κ2) is 6.96. The number of hydrogen-bond acceptors (Lipinski definition) is 5. The average Bonchev–Trinajstić information content (AvgIpc) is 3.23. The predicted octanol–water partition coefficient (Wildman–Crippen LogP) is 4.10. The Balaban J connectivity index is 1.52. The lowest BCUT2D eigenvalue weighted by atomic mass is 10.1. The van der Waals surface area contributed by atoms with Gasteiger partial charge < -0.3 is 14.7 Å². The maximum Gasteiger partial charge on any atom is 0.229 e. The van der Waals surface area contributed by atoms with Gasteiger partial charge in [0, 0.05) is 23.5 Å². The first-order chi connectivity index (χ1) is 12.6.